The Morgan fingerprint density at radius 1 is 1.27 bits per heavy atom. The lowest BCUT2D eigenvalue weighted by molar-refractivity contribution is -0.124. The number of hydrogen-bond acceptors (Lipinski definition) is 4. The number of rotatable bonds is 5. The monoisotopic (exact) mass is 399 g/mol. The summed E-state index contributed by atoms with van der Waals surface area (Å²) in [5.74, 6) is -0.368. The van der Waals surface area contributed by atoms with Gasteiger partial charge < -0.3 is 15.6 Å². The van der Waals surface area contributed by atoms with Gasteiger partial charge in [0.1, 0.15) is 0 Å². The lowest BCUT2D eigenvalue weighted by atomic mass is 9.95. The lowest BCUT2D eigenvalue weighted by Crippen LogP contribution is -2.57. The van der Waals surface area contributed by atoms with Crippen LogP contribution in [0.1, 0.15) is 24.0 Å². The average Bonchev–Trinajstić information content (AvgIpc) is 2.99. The number of carbonyl (C=O) groups excluding carboxylic acids is 1. The number of aryl methyl sites for hydroxylation is 1. The zero-order valence-electron chi connectivity index (χ0n) is 15.1. The number of sulfone groups is 1. The zero-order chi connectivity index (χ0) is 18.1. The maximum Gasteiger partial charge on any atom is 0.241 e. The van der Waals surface area contributed by atoms with Crippen molar-refractivity contribution in [3.63, 3.8) is 0 Å². The van der Waals surface area contributed by atoms with Gasteiger partial charge in [-0.25, -0.2) is 8.42 Å². The van der Waals surface area contributed by atoms with Crippen LogP contribution in [0.5, 0.6) is 0 Å². The van der Waals surface area contributed by atoms with Crippen LogP contribution < -0.4 is 10.6 Å². The molecule has 144 valence electrons. The number of carbonyl (C=O) groups is 1. The molecule has 2 aromatic rings. The molecule has 0 atom stereocenters. The van der Waals surface area contributed by atoms with E-state index in [1.54, 1.807) is 0 Å². The second kappa shape index (κ2) is 7.98. The van der Waals surface area contributed by atoms with Gasteiger partial charge in [-0.3, -0.25) is 4.79 Å². The van der Waals surface area contributed by atoms with Gasteiger partial charge >= 0.3 is 0 Å². The Balaban J connectivity index is 0.00000243. The molecule has 8 heteroatoms. The molecule has 0 radical (unpaired) electrons. The van der Waals surface area contributed by atoms with Crippen LogP contribution in [0.15, 0.2) is 24.4 Å². The molecule has 3 N–H and O–H groups in total. The topological polar surface area (TPSA) is 91.1 Å². The van der Waals surface area contributed by atoms with Crippen molar-refractivity contribution in [1.29, 1.82) is 0 Å². The summed E-state index contributed by atoms with van der Waals surface area (Å²) in [5.41, 5.74) is 3.41. The summed E-state index contributed by atoms with van der Waals surface area (Å²) in [6.07, 6.45) is 4.43. The van der Waals surface area contributed by atoms with Crippen molar-refractivity contribution in [2.24, 2.45) is 0 Å². The van der Waals surface area contributed by atoms with Crippen LogP contribution in [-0.4, -0.2) is 49.9 Å². The van der Waals surface area contributed by atoms with Crippen LogP contribution in [0.2, 0.25) is 0 Å². The molecule has 0 saturated carbocycles. The van der Waals surface area contributed by atoms with E-state index in [4.69, 9.17) is 0 Å². The van der Waals surface area contributed by atoms with Crippen molar-refractivity contribution in [2.45, 2.75) is 30.9 Å². The molecule has 0 spiro atoms. The van der Waals surface area contributed by atoms with E-state index in [0.29, 0.717) is 38.9 Å². The first-order chi connectivity index (χ1) is 11.8. The molecule has 1 amide bonds. The first-order valence-electron chi connectivity index (χ1n) is 8.59. The number of nitrogens with one attached hydrogen (secondary N) is 3. The Hall–Kier alpha value is -1.57. The number of hydrogen-bond donors (Lipinski definition) is 3. The number of piperidine rings is 1. The Morgan fingerprint density at radius 2 is 1.96 bits per heavy atom. The third-order valence-corrected chi connectivity index (χ3v) is 7.24. The highest BCUT2D eigenvalue weighted by atomic mass is 35.5. The van der Waals surface area contributed by atoms with Crippen molar-refractivity contribution >= 4 is 39.1 Å². The van der Waals surface area contributed by atoms with E-state index in [9.17, 15) is 13.2 Å². The molecular formula is C18H26ClN3O3S. The van der Waals surface area contributed by atoms with Gasteiger partial charge in [0.05, 0.1) is 0 Å². The van der Waals surface area contributed by atoms with Crippen molar-refractivity contribution in [2.75, 3.05) is 25.9 Å². The highest BCUT2D eigenvalue weighted by Gasteiger charge is 2.48. The largest absolute Gasteiger partial charge is 0.361 e. The molecule has 1 aromatic heterocycles. The second-order valence-electron chi connectivity index (χ2n) is 6.83. The third kappa shape index (κ3) is 3.75. The van der Waals surface area contributed by atoms with E-state index in [2.05, 4.69) is 34.7 Å². The lowest BCUT2D eigenvalue weighted by Gasteiger charge is -2.34. The quantitative estimate of drug-likeness (QED) is 0.714. The molecule has 0 aliphatic carbocycles. The van der Waals surface area contributed by atoms with E-state index in [1.165, 1.54) is 11.8 Å². The zero-order valence-corrected chi connectivity index (χ0v) is 16.7. The van der Waals surface area contributed by atoms with Gasteiger partial charge in [-0.2, -0.15) is 0 Å². The highest BCUT2D eigenvalue weighted by Crippen LogP contribution is 2.28. The number of halogens is 1. The van der Waals surface area contributed by atoms with Gasteiger partial charge in [0.15, 0.2) is 14.6 Å². The molecule has 26 heavy (non-hydrogen) atoms. The summed E-state index contributed by atoms with van der Waals surface area (Å²) >= 11 is 0. The van der Waals surface area contributed by atoms with Gasteiger partial charge in [0, 0.05) is 29.9 Å². The number of para-hydroxylation sites is 1. The van der Waals surface area contributed by atoms with Crippen LogP contribution >= 0.6 is 12.4 Å². The third-order valence-electron chi connectivity index (χ3n) is 5.22. The number of aromatic amines is 1. The number of benzene rings is 1. The van der Waals surface area contributed by atoms with Crippen LogP contribution in [0.4, 0.5) is 0 Å². The summed E-state index contributed by atoms with van der Waals surface area (Å²) in [7, 11) is -3.47. The fourth-order valence-corrected chi connectivity index (χ4v) is 4.99. The standard InChI is InChI=1S/C18H25N3O3S.ClH/c1-13-4-3-5-15-14(12-21-16(13)15)6-9-20-17(22)18(25(2,23)24)7-10-19-11-8-18;/h3-5,12,19,21H,6-11H2,1-2H3,(H,20,22);1H. The van der Waals surface area contributed by atoms with E-state index < -0.39 is 14.6 Å². The van der Waals surface area contributed by atoms with E-state index in [0.717, 1.165) is 16.5 Å². The average molecular weight is 400 g/mol. The smallest absolute Gasteiger partial charge is 0.241 e. The number of aromatic nitrogens is 1. The first-order valence-corrected chi connectivity index (χ1v) is 10.5. The molecule has 1 aromatic carbocycles. The molecule has 3 rings (SSSR count). The Kier molecular flexibility index (Phi) is 6.37. The molecular weight excluding hydrogens is 374 g/mol. The summed E-state index contributed by atoms with van der Waals surface area (Å²) in [5, 5.41) is 7.13. The van der Waals surface area contributed by atoms with E-state index in [1.807, 2.05) is 12.3 Å². The van der Waals surface area contributed by atoms with Gasteiger partial charge in [-0.15, -0.1) is 12.4 Å². The summed E-state index contributed by atoms with van der Waals surface area (Å²) in [6, 6.07) is 6.12. The maximum atomic E-state index is 12.7. The Morgan fingerprint density at radius 3 is 2.62 bits per heavy atom. The van der Waals surface area contributed by atoms with E-state index in [-0.39, 0.29) is 18.3 Å². The highest BCUT2D eigenvalue weighted by molar-refractivity contribution is 7.92. The van der Waals surface area contributed by atoms with Gasteiger partial charge in [-0.1, -0.05) is 18.2 Å². The number of amides is 1. The van der Waals surface area contributed by atoms with Crippen LogP contribution in [0.3, 0.4) is 0 Å². The summed E-state index contributed by atoms with van der Waals surface area (Å²) in [6.45, 7) is 3.56. The molecule has 1 aliphatic heterocycles. The fraction of sp³-hybridized carbons (Fsp3) is 0.500. The minimum absolute atomic E-state index is 0. The van der Waals surface area contributed by atoms with Crippen molar-refractivity contribution in [1.82, 2.24) is 15.6 Å². The van der Waals surface area contributed by atoms with Crippen LogP contribution in [0, 0.1) is 6.92 Å². The molecule has 2 heterocycles. The van der Waals surface area contributed by atoms with Crippen LogP contribution in [-0.2, 0) is 21.1 Å². The number of H-pyrrole nitrogens is 1. The predicted molar refractivity (Wildman–Crippen MR) is 107 cm³/mol. The van der Waals surface area contributed by atoms with Gasteiger partial charge in [0.25, 0.3) is 0 Å². The fourth-order valence-electron chi connectivity index (χ4n) is 3.64. The maximum absolute atomic E-state index is 12.7. The summed E-state index contributed by atoms with van der Waals surface area (Å²) in [4.78, 5) is 16.0. The Bertz CT molecular complexity index is 886. The van der Waals surface area contributed by atoms with Gasteiger partial charge in [0.2, 0.25) is 5.91 Å². The minimum atomic E-state index is -3.47. The second-order valence-corrected chi connectivity index (χ2v) is 9.16. The van der Waals surface area contributed by atoms with Gasteiger partial charge in [-0.05, 0) is 50.4 Å². The number of fused-ring (bicyclic) bond motifs is 1. The molecule has 1 saturated heterocycles. The van der Waals surface area contributed by atoms with Crippen molar-refractivity contribution in [3.8, 4) is 0 Å². The molecule has 1 aliphatic rings. The molecule has 1 fully saturated rings. The minimum Gasteiger partial charge on any atom is -0.361 e. The van der Waals surface area contributed by atoms with Crippen molar-refractivity contribution < 1.29 is 13.2 Å². The first kappa shape index (κ1) is 20.7. The molecule has 6 nitrogen and oxygen atoms in total. The molecule has 0 unspecified atom stereocenters. The summed E-state index contributed by atoms with van der Waals surface area (Å²) < 4.78 is 23.2. The van der Waals surface area contributed by atoms with Crippen molar-refractivity contribution in [3.05, 3.63) is 35.5 Å². The predicted octanol–water partition coefficient (Wildman–Crippen LogP) is 1.72. The Labute approximate surface area is 160 Å². The van der Waals surface area contributed by atoms with Crippen LogP contribution in [0.25, 0.3) is 10.9 Å². The molecule has 0 bridgehead atoms. The normalized spacial score (nSPS) is 16.8. The SMILES string of the molecule is Cc1cccc2c(CCNC(=O)C3(S(C)(=O)=O)CCNCC3)c[nH]c12.Cl. The van der Waals surface area contributed by atoms with E-state index >= 15 is 0 Å².